The van der Waals surface area contributed by atoms with Crippen LogP contribution < -0.4 is 10.0 Å². The maximum absolute atomic E-state index is 13.8. The van der Waals surface area contributed by atoms with Gasteiger partial charge in [0.25, 0.3) is 15.9 Å². The molecular weight excluding hydrogens is 419 g/mol. The molecule has 31 heavy (non-hydrogen) atoms. The number of carbonyl (C=O) groups is 1. The number of hydrogen-bond acceptors (Lipinski definition) is 4. The average Bonchev–Trinajstić information content (AvgIpc) is 2.75. The number of hydrogen-bond donors (Lipinski definition) is 2. The minimum atomic E-state index is -3.99. The summed E-state index contributed by atoms with van der Waals surface area (Å²) in [5, 5.41) is 2.81. The van der Waals surface area contributed by atoms with Crippen molar-refractivity contribution < 1.29 is 22.3 Å². The first-order valence-corrected chi connectivity index (χ1v) is 11.0. The third-order valence-electron chi connectivity index (χ3n) is 4.62. The van der Waals surface area contributed by atoms with E-state index in [1.54, 1.807) is 26.2 Å². The maximum atomic E-state index is 13.8. The minimum Gasteiger partial charge on any atom is -0.380 e. The zero-order valence-corrected chi connectivity index (χ0v) is 18.0. The molecule has 0 aliphatic heterocycles. The van der Waals surface area contributed by atoms with E-state index in [-0.39, 0.29) is 16.5 Å². The van der Waals surface area contributed by atoms with Gasteiger partial charge in [-0.15, -0.1) is 0 Å². The van der Waals surface area contributed by atoms with Crippen LogP contribution in [0, 0.1) is 12.7 Å². The number of rotatable bonds is 8. The van der Waals surface area contributed by atoms with E-state index in [1.807, 2.05) is 24.3 Å². The number of anilines is 1. The molecule has 0 atom stereocenters. The fraction of sp³-hybridized carbons (Fsp3) is 0.174. The standard InChI is InChI=1S/C23H23FN2O4S/c1-16-6-11-21(13-22(16)24)31(28,29)26-20-5-3-4-19(12-20)23(27)25-14-17-7-9-18(10-8-17)15-30-2/h3-13,26H,14-15H2,1-2H3,(H,25,27). The van der Waals surface area contributed by atoms with Gasteiger partial charge in [-0.25, -0.2) is 12.8 Å². The number of sulfonamides is 1. The fourth-order valence-electron chi connectivity index (χ4n) is 2.88. The van der Waals surface area contributed by atoms with E-state index in [0.717, 1.165) is 17.2 Å². The second-order valence-electron chi connectivity index (χ2n) is 7.03. The largest absolute Gasteiger partial charge is 0.380 e. The predicted octanol–water partition coefficient (Wildman–Crippen LogP) is 4.01. The number of benzene rings is 3. The van der Waals surface area contributed by atoms with E-state index in [2.05, 4.69) is 10.0 Å². The van der Waals surface area contributed by atoms with Crippen LogP contribution in [0.1, 0.15) is 27.0 Å². The van der Waals surface area contributed by atoms with E-state index < -0.39 is 15.8 Å². The molecule has 3 aromatic carbocycles. The van der Waals surface area contributed by atoms with Gasteiger partial charge in [0.15, 0.2) is 0 Å². The van der Waals surface area contributed by atoms with Crippen molar-refractivity contribution in [1.29, 1.82) is 0 Å². The smallest absolute Gasteiger partial charge is 0.261 e. The van der Waals surface area contributed by atoms with Crippen molar-refractivity contribution in [1.82, 2.24) is 5.32 Å². The Labute approximate surface area is 181 Å². The summed E-state index contributed by atoms with van der Waals surface area (Å²) in [7, 11) is -2.36. The summed E-state index contributed by atoms with van der Waals surface area (Å²) in [5.41, 5.74) is 2.81. The molecule has 0 radical (unpaired) electrons. The van der Waals surface area contributed by atoms with Crippen molar-refractivity contribution in [2.45, 2.75) is 25.0 Å². The SMILES string of the molecule is COCc1ccc(CNC(=O)c2cccc(NS(=O)(=O)c3ccc(C)c(F)c3)c2)cc1. The molecule has 1 amide bonds. The van der Waals surface area contributed by atoms with Crippen molar-refractivity contribution in [3.8, 4) is 0 Å². The molecule has 0 heterocycles. The van der Waals surface area contributed by atoms with Crippen molar-refractivity contribution in [3.05, 3.63) is 94.8 Å². The summed E-state index contributed by atoms with van der Waals surface area (Å²) < 4.78 is 46.3. The van der Waals surface area contributed by atoms with Crippen molar-refractivity contribution in [2.24, 2.45) is 0 Å². The van der Waals surface area contributed by atoms with Crippen molar-refractivity contribution in [2.75, 3.05) is 11.8 Å². The van der Waals surface area contributed by atoms with Gasteiger partial charge in [-0.05, 0) is 53.9 Å². The van der Waals surface area contributed by atoms with Gasteiger partial charge in [-0.3, -0.25) is 9.52 Å². The number of nitrogens with one attached hydrogen (secondary N) is 2. The van der Waals surface area contributed by atoms with Crippen molar-refractivity contribution >= 4 is 21.6 Å². The number of carbonyl (C=O) groups excluding carboxylic acids is 1. The topological polar surface area (TPSA) is 84.5 Å². The molecule has 3 rings (SSSR count). The highest BCUT2D eigenvalue weighted by atomic mass is 32.2. The molecule has 0 aliphatic rings. The molecule has 3 aromatic rings. The summed E-state index contributed by atoms with van der Waals surface area (Å²) in [6, 6.07) is 17.5. The molecule has 162 valence electrons. The van der Waals surface area contributed by atoms with Gasteiger partial charge in [0.05, 0.1) is 11.5 Å². The summed E-state index contributed by atoms with van der Waals surface area (Å²) in [4.78, 5) is 12.3. The van der Waals surface area contributed by atoms with Crippen LogP contribution in [0.3, 0.4) is 0 Å². The number of amides is 1. The first-order chi connectivity index (χ1) is 14.8. The Hall–Kier alpha value is -3.23. The normalized spacial score (nSPS) is 11.2. The van der Waals surface area contributed by atoms with Crippen LogP contribution in [0.5, 0.6) is 0 Å². The van der Waals surface area contributed by atoms with Crippen LogP contribution in [0.4, 0.5) is 10.1 Å². The van der Waals surface area contributed by atoms with Crippen LogP contribution in [0.2, 0.25) is 0 Å². The molecule has 0 bridgehead atoms. The molecule has 0 aliphatic carbocycles. The molecule has 0 aromatic heterocycles. The second kappa shape index (κ2) is 9.72. The first-order valence-electron chi connectivity index (χ1n) is 9.52. The Morgan fingerprint density at radius 1 is 1.00 bits per heavy atom. The molecular formula is C23H23FN2O4S. The van der Waals surface area contributed by atoms with Crippen LogP contribution in [0.25, 0.3) is 0 Å². The van der Waals surface area contributed by atoms with Gasteiger partial charge >= 0.3 is 0 Å². The van der Waals surface area contributed by atoms with Crippen LogP contribution in [-0.2, 0) is 27.9 Å². The monoisotopic (exact) mass is 442 g/mol. The number of methoxy groups -OCH3 is 1. The molecule has 2 N–H and O–H groups in total. The molecule has 6 nitrogen and oxygen atoms in total. The second-order valence-corrected chi connectivity index (χ2v) is 8.71. The van der Waals surface area contributed by atoms with Gasteiger partial charge in [0, 0.05) is 24.9 Å². The molecule has 0 fully saturated rings. The fourth-order valence-corrected chi connectivity index (χ4v) is 3.94. The van der Waals surface area contributed by atoms with Crippen LogP contribution in [-0.4, -0.2) is 21.4 Å². The van der Waals surface area contributed by atoms with Crippen LogP contribution in [0.15, 0.2) is 71.6 Å². The van der Waals surface area contributed by atoms with Gasteiger partial charge < -0.3 is 10.1 Å². The number of ether oxygens (including phenoxy) is 1. The lowest BCUT2D eigenvalue weighted by Crippen LogP contribution is -2.23. The molecule has 0 saturated carbocycles. The third-order valence-corrected chi connectivity index (χ3v) is 6.00. The Bertz CT molecular complexity index is 1180. The summed E-state index contributed by atoms with van der Waals surface area (Å²) >= 11 is 0. The zero-order valence-electron chi connectivity index (χ0n) is 17.2. The summed E-state index contributed by atoms with van der Waals surface area (Å²) in [6.45, 7) is 2.39. The number of aryl methyl sites for hydroxylation is 1. The first kappa shape index (κ1) is 22.5. The molecule has 8 heteroatoms. The Kier molecular flexibility index (Phi) is 7.04. The van der Waals surface area contributed by atoms with E-state index >= 15 is 0 Å². The zero-order chi connectivity index (χ0) is 22.4. The highest BCUT2D eigenvalue weighted by Gasteiger charge is 2.16. The molecule has 0 saturated heterocycles. The quantitative estimate of drug-likeness (QED) is 0.552. The summed E-state index contributed by atoms with van der Waals surface area (Å²) in [5.74, 6) is -0.949. The third kappa shape index (κ3) is 5.90. The molecule has 0 unspecified atom stereocenters. The lowest BCUT2D eigenvalue weighted by molar-refractivity contribution is 0.0951. The lowest BCUT2D eigenvalue weighted by Gasteiger charge is -2.11. The van der Waals surface area contributed by atoms with Crippen molar-refractivity contribution in [3.63, 3.8) is 0 Å². The molecule has 0 spiro atoms. The van der Waals surface area contributed by atoms with E-state index in [0.29, 0.717) is 24.3 Å². The summed E-state index contributed by atoms with van der Waals surface area (Å²) in [6.07, 6.45) is 0. The highest BCUT2D eigenvalue weighted by Crippen LogP contribution is 2.19. The van der Waals surface area contributed by atoms with Gasteiger partial charge in [-0.1, -0.05) is 36.4 Å². The highest BCUT2D eigenvalue weighted by molar-refractivity contribution is 7.92. The van der Waals surface area contributed by atoms with Gasteiger partial charge in [0.2, 0.25) is 0 Å². The van der Waals surface area contributed by atoms with E-state index in [1.165, 1.54) is 24.3 Å². The van der Waals surface area contributed by atoms with Gasteiger partial charge in [0.1, 0.15) is 5.82 Å². The Balaban J connectivity index is 1.67. The average molecular weight is 443 g/mol. The Morgan fingerprint density at radius 3 is 2.39 bits per heavy atom. The van der Waals surface area contributed by atoms with Gasteiger partial charge in [-0.2, -0.15) is 0 Å². The maximum Gasteiger partial charge on any atom is 0.261 e. The van der Waals surface area contributed by atoms with Crippen LogP contribution >= 0.6 is 0 Å². The Morgan fingerprint density at radius 2 is 1.71 bits per heavy atom. The minimum absolute atomic E-state index is 0.192. The number of halogens is 1. The lowest BCUT2D eigenvalue weighted by atomic mass is 10.1. The van der Waals surface area contributed by atoms with E-state index in [9.17, 15) is 17.6 Å². The predicted molar refractivity (Wildman–Crippen MR) is 117 cm³/mol. The van der Waals surface area contributed by atoms with E-state index in [4.69, 9.17) is 4.74 Å².